The number of hydrogen-bond acceptors (Lipinski definition) is 4. The van der Waals surface area contributed by atoms with Crippen molar-refractivity contribution in [3.63, 3.8) is 0 Å². The molecule has 0 spiro atoms. The van der Waals surface area contributed by atoms with Crippen LogP contribution in [0.25, 0.3) is 0 Å². The average molecular weight is 458 g/mol. The van der Waals surface area contributed by atoms with Gasteiger partial charge in [-0.1, -0.05) is 48.5 Å². The Morgan fingerprint density at radius 2 is 1.85 bits per heavy atom. The lowest BCUT2D eigenvalue weighted by molar-refractivity contribution is 0.0389. The van der Waals surface area contributed by atoms with Gasteiger partial charge in [0.1, 0.15) is 12.4 Å². The topological polar surface area (TPSA) is 63.7 Å². The van der Waals surface area contributed by atoms with Crippen molar-refractivity contribution in [3.8, 4) is 5.75 Å². The van der Waals surface area contributed by atoms with Gasteiger partial charge in [-0.05, 0) is 48.2 Å². The number of carbonyl (C=O) groups is 1. The lowest BCUT2D eigenvalue weighted by atomic mass is 9.90. The van der Waals surface area contributed by atoms with Crippen LogP contribution in [0.1, 0.15) is 53.5 Å². The molecule has 5 rings (SSSR count). The molecule has 0 aliphatic carbocycles. The van der Waals surface area contributed by atoms with Crippen molar-refractivity contribution in [2.75, 3.05) is 6.54 Å². The number of urea groups is 1. The second-order valence-electron chi connectivity index (χ2n) is 9.12. The molecule has 2 atom stereocenters. The summed E-state index contributed by atoms with van der Waals surface area (Å²) in [5.74, 6) is 0.839. The summed E-state index contributed by atoms with van der Waals surface area (Å²) in [6.07, 6.45) is 1.67. The molecule has 176 valence electrons. The van der Waals surface area contributed by atoms with Crippen LogP contribution < -0.4 is 10.1 Å². The molecule has 0 fully saturated rings. The van der Waals surface area contributed by atoms with Gasteiger partial charge in [-0.2, -0.15) is 0 Å². The summed E-state index contributed by atoms with van der Waals surface area (Å²) >= 11 is 0. The Kier molecular flexibility index (Phi) is 6.50. The number of rotatable bonds is 5. The molecule has 34 heavy (non-hydrogen) atoms. The van der Waals surface area contributed by atoms with Crippen LogP contribution >= 0.6 is 0 Å². The van der Waals surface area contributed by atoms with Gasteiger partial charge in [0.25, 0.3) is 0 Å². The van der Waals surface area contributed by atoms with Crippen LogP contribution in [0, 0.1) is 0 Å². The number of carbonyl (C=O) groups excluding carboxylic acids is 1. The molecule has 0 saturated carbocycles. The van der Waals surface area contributed by atoms with Crippen LogP contribution in [0.2, 0.25) is 0 Å². The number of fused-ring (bicyclic) bond motifs is 3. The van der Waals surface area contributed by atoms with Gasteiger partial charge in [-0.25, -0.2) is 4.79 Å². The zero-order chi connectivity index (χ0) is 23.5. The van der Waals surface area contributed by atoms with Crippen molar-refractivity contribution in [2.24, 2.45) is 0 Å². The van der Waals surface area contributed by atoms with Gasteiger partial charge >= 0.3 is 6.03 Å². The zero-order valence-corrected chi connectivity index (χ0v) is 19.8. The molecule has 2 amide bonds. The third kappa shape index (κ3) is 4.77. The van der Waals surface area contributed by atoms with E-state index in [2.05, 4.69) is 12.2 Å². The van der Waals surface area contributed by atoms with E-state index in [1.807, 2.05) is 72.5 Å². The highest BCUT2D eigenvalue weighted by molar-refractivity contribution is 5.75. The fourth-order valence-corrected chi connectivity index (χ4v) is 4.78. The summed E-state index contributed by atoms with van der Waals surface area (Å²) in [5.41, 5.74) is 6.68. The third-order valence-electron chi connectivity index (χ3n) is 6.71. The fraction of sp³-hybridized carbons (Fsp3) is 0.357. The first kappa shape index (κ1) is 22.4. The summed E-state index contributed by atoms with van der Waals surface area (Å²) in [7, 11) is 0. The minimum absolute atomic E-state index is 0.0441. The second kappa shape index (κ2) is 9.85. The van der Waals surface area contributed by atoms with E-state index >= 15 is 0 Å². The van der Waals surface area contributed by atoms with Gasteiger partial charge < -0.3 is 19.7 Å². The summed E-state index contributed by atoms with van der Waals surface area (Å²) in [6.45, 7) is 6.29. The van der Waals surface area contributed by atoms with E-state index in [-0.39, 0.29) is 18.2 Å². The van der Waals surface area contributed by atoms with Crippen LogP contribution in [0.15, 0.2) is 60.7 Å². The van der Waals surface area contributed by atoms with Crippen LogP contribution in [0.4, 0.5) is 4.79 Å². The average Bonchev–Trinajstić information content (AvgIpc) is 2.88. The van der Waals surface area contributed by atoms with E-state index in [4.69, 9.17) is 14.5 Å². The van der Waals surface area contributed by atoms with Gasteiger partial charge in [-0.15, -0.1) is 0 Å². The van der Waals surface area contributed by atoms with E-state index in [9.17, 15) is 4.79 Å². The first-order valence-corrected chi connectivity index (χ1v) is 12.0. The Morgan fingerprint density at radius 3 is 2.62 bits per heavy atom. The lowest BCUT2D eigenvalue weighted by Crippen LogP contribution is -2.44. The van der Waals surface area contributed by atoms with Crippen molar-refractivity contribution in [3.05, 3.63) is 94.3 Å². The third-order valence-corrected chi connectivity index (χ3v) is 6.71. The summed E-state index contributed by atoms with van der Waals surface area (Å²) in [6, 6.07) is 19.8. The minimum Gasteiger partial charge on any atom is -0.487 e. The first-order chi connectivity index (χ1) is 16.6. The predicted octanol–water partition coefficient (Wildman–Crippen LogP) is 4.95. The molecule has 2 aliphatic heterocycles. The van der Waals surface area contributed by atoms with Crippen molar-refractivity contribution in [2.45, 2.75) is 58.6 Å². The van der Waals surface area contributed by atoms with E-state index in [0.717, 1.165) is 41.1 Å². The Balaban J connectivity index is 1.36. The molecule has 2 aromatic carbocycles. The maximum atomic E-state index is 13.1. The lowest BCUT2D eigenvalue weighted by Gasteiger charge is -2.34. The van der Waals surface area contributed by atoms with Crippen molar-refractivity contribution in [1.82, 2.24) is 15.2 Å². The molecule has 3 aromatic rings. The molecule has 0 unspecified atom stereocenters. The van der Waals surface area contributed by atoms with Gasteiger partial charge in [-0.3, -0.25) is 4.98 Å². The molecule has 3 heterocycles. The molecule has 6 nitrogen and oxygen atoms in total. The van der Waals surface area contributed by atoms with Gasteiger partial charge in [0.05, 0.1) is 24.4 Å². The highest BCUT2D eigenvalue weighted by atomic mass is 16.5. The molecule has 0 saturated heterocycles. The Labute approximate surface area is 200 Å². The second-order valence-corrected chi connectivity index (χ2v) is 9.12. The molecular weight excluding hydrogens is 426 g/mol. The number of benzene rings is 2. The predicted molar refractivity (Wildman–Crippen MR) is 130 cm³/mol. The number of aromatic nitrogens is 1. The maximum absolute atomic E-state index is 13.1. The number of pyridine rings is 1. The molecule has 6 heteroatoms. The Hall–Kier alpha value is -3.38. The minimum atomic E-state index is -0.0520. The van der Waals surface area contributed by atoms with Crippen molar-refractivity contribution >= 4 is 6.03 Å². The number of ether oxygens (including phenoxy) is 2. The van der Waals surface area contributed by atoms with Crippen LogP contribution in [0.5, 0.6) is 5.75 Å². The molecule has 0 bridgehead atoms. The standard InChI is InChI=1S/C28H31N3O3/c1-19-15-23-25(17-33-19)24-16-31(28(32)29-20(2)21-9-5-3-6-10-21)14-13-26(24)30-27(23)18-34-22-11-7-4-8-12-22/h3-12,19-20H,13-18H2,1-2H3,(H,29,32)/t19-,20-/m0/s1. The van der Waals surface area contributed by atoms with Crippen LogP contribution in [-0.2, 0) is 37.3 Å². The highest BCUT2D eigenvalue weighted by Crippen LogP contribution is 2.32. The van der Waals surface area contributed by atoms with E-state index in [1.165, 1.54) is 11.1 Å². The monoisotopic (exact) mass is 457 g/mol. The number of nitrogens with one attached hydrogen (secondary N) is 1. The Morgan fingerprint density at radius 1 is 1.12 bits per heavy atom. The summed E-state index contributed by atoms with van der Waals surface area (Å²) in [4.78, 5) is 20.0. The zero-order valence-electron chi connectivity index (χ0n) is 19.8. The van der Waals surface area contributed by atoms with E-state index < -0.39 is 0 Å². The van der Waals surface area contributed by atoms with Gasteiger partial charge in [0.2, 0.25) is 0 Å². The molecule has 2 aliphatic rings. The number of nitrogens with zero attached hydrogens (tertiary/aromatic N) is 2. The number of amides is 2. The largest absolute Gasteiger partial charge is 0.487 e. The van der Waals surface area contributed by atoms with E-state index in [0.29, 0.717) is 26.3 Å². The first-order valence-electron chi connectivity index (χ1n) is 12.0. The molecule has 1 aromatic heterocycles. The van der Waals surface area contributed by atoms with Crippen LogP contribution in [-0.4, -0.2) is 28.6 Å². The maximum Gasteiger partial charge on any atom is 0.318 e. The molecule has 1 N–H and O–H groups in total. The number of hydrogen-bond donors (Lipinski definition) is 1. The quantitative estimate of drug-likeness (QED) is 0.589. The summed E-state index contributed by atoms with van der Waals surface area (Å²) < 4.78 is 12.1. The van der Waals surface area contributed by atoms with Gasteiger partial charge in [0.15, 0.2) is 0 Å². The summed E-state index contributed by atoms with van der Waals surface area (Å²) in [5, 5.41) is 3.15. The smallest absolute Gasteiger partial charge is 0.318 e. The Bertz CT molecular complexity index is 1150. The SMILES string of the molecule is C[C@H](NC(=O)N1CCc2nc(COc3ccccc3)c3c(c2C1)CO[C@@H](C)C3)c1ccccc1. The molecule has 0 radical (unpaired) electrons. The highest BCUT2D eigenvalue weighted by Gasteiger charge is 2.30. The van der Waals surface area contributed by atoms with Crippen molar-refractivity contribution in [1.29, 1.82) is 0 Å². The fourth-order valence-electron chi connectivity index (χ4n) is 4.78. The van der Waals surface area contributed by atoms with Crippen molar-refractivity contribution < 1.29 is 14.3 Å². The van der Waals surface area contributed by atoms with E-state index in [1.54, 1.807) is 0 Å². The number of para-hydroxylation sites is 1. The molecular formula is C28H31N3O3. The van der Waals surface area contributed by atoms with Crippen LogP contribution in [0.3, 0.4) is 0 Å². The normalized spacial score (nSPS) is 17.9. The van der Waals surface area contributed by atoms with Gasteiger partial charge in [0, 0.05) is 31.6 Å².